The second-order valence-corrected chi connectivity index (χ2v) is 13.9. The van der Waals surface area contributed by atoms with Crippen LogP contribution in [0.1, 0.15) is 30.5 Å². The monoisotopic (exact) mass is 666 g/mol. The van der Waals surface area contributed by atoms with Crippen LogP contribution in [0, 0.1) is 6.92 Å². The van der Waals surface area contributed by atoms with Crippen LogP contribution >= 0.6 is 7.92 Å². The zero-order valence-electron chi connectivity index (χ0n) is 25.5. The molecule has 46 heavy (non-hydrogen) atoms. The SMILES string of the molecule is [CH2-]c1cccc2c1Oc1c([PH+](c3ccccc3)c3ccccc3)cccc1C2(C)C.[Cu+2].c1cc(-c2ccnnn2)c2[n-]ccc2c1. The van der Waals surface area contributed by atoms with Crippen LogP contribution in [0.15, 0.2) is 140 Å². The van der Waals surface area contributed by atoms with Gasteiger partial charge in [-0.25, -0.2) is 0 Å². The van der Waals surface area contributed by atoms with Crippen LogP contribution in [-0.2, 0) is 22.5 Å². The Labute approximate surface area is 281 Å². The fraction of sp³-hybridized carbons (Fsp3) is 0.0769. The summed E-state index contributed by atoms with van der Waals surface area (Å²) in [4.78, 5) is 4.31. The predicted octanol–water partition coefficient (Wildman–Crippen LogP) is 7.44. The standard InChI is InChI=1S/C28H24OP.C11H7N4.Cu/c1-20-12-10-17-23-26(20)29-27-24(28(23,2)3)18-11-19-25(27)30(21-13-6-4-7-14-21)22-15-8-5-9-16-22;1-2-8-4-6-12-11(8)9(3-1)10-5-7-13-15-14-10;/h4-19H,1H2,2-3H3;1-7H;/q2*-1;+2/p+1. The molecule has 7 aromatic rings. The van der Waals surface area contributed by atoms with Crippen LogP contribution in [0.3, 0.4) is 0 Å². The largest absolute Gasteiger partial charge is 2.00 e. The van der Waals surface area contributed by atoms with Crippen LogP contribution in [0.5, 0.6) is 11.5 Å². The second-order valence-electron chi connectivity index (χ2n) is 11.5. The third-order valence-electron chi connectivity index (χ3n) is 8.36. The van der Waals surface area contributed by atoms with E-state index in [1.807, 2.05) is 36.4 Å². The van der Waals surface area contributed by atoms with E-state index in [2.05, 4.69) is 132 Å². The molecule has 0 atom stereocenters. The van der Waals surface area contributed by atoms with Crippen LogP contribution in [0.25, 0.3) is 22.2 Å². The number of benzene rings is 5. The Hall–Kier alpha value is -4.73. The maximum Gasteiger partial charge on any atom is 2.00 e. The van der Waals surface area contributed by atoms with Gasteiger partial charge in [0.1, 0.15) is 23.8 Å². The molecule has 1 radical (unpaired) electrons. The summed E-state index contributed by atoms with van der Waals surface area (Å²) in [6.07, 6.45) is 3.42. The average Bonchev–Trinajstić information content (AvgIpc) is 3.57. The molecule has 2 aromatic heterocycles. The molecule has 5 aromatic carbocycles. The predicted molar refractivity (Wildman–Crippen MR) is 186 cm³/mol. The summed E-state index contributed by atoms with van der Waals surface area (Å²) in [5.74, 6) is 1.91. The summed E-state index contributed by atoms with van der Waals surface area (Å²) >= 11 is 0. The normalized spacial score (nSPS) is 12.6. The number of fused-ring (bicyclic) bond motifs is 3. The van der Waals surface area contributed by atoms with Gasteiger partial charge in [-0.2, -0.15) is 24.8 Å². The van der Waals surface area contributed by atoms with E-state index in [4.69, 9.17) is 4.74 Å². The Balaban J connectivity index is 0.000000195. The third kappa shape index (κ3) is 5.84. The Morgan fingerprint density at radius 2 is 1.35 bits per heavy atom. The average molecular weight is 667 g/mol. The van der Waals surface area contributed by atoms with E-state index in [0.717, 1.165) is 39.2 Å². The summed E-state index contributed by atoms with van der Waals surface area (Å²) in [5, 5.41) is 16.4. The van der Waals surface area contributed by atoms with Gasteiger partial charge in [0.2, 0.25) is 0 Å². The molecule has 0 saturated carbocycles. The van der Waals surface area contributed by atoms with Crippen molar-refractivity contribution in [2.45, 2.75) is 19.3 Å². The summed E-state index contributed by atoms with van der Waals surface area (Å²) in [6.45, 7) is 8.82. The van der Waals surface area contributed by atoms with Crippen molar-refractivity contribution in [1.29, 1.82) is 0 Å². The van der Waals surface area contributed by atoms with Crippen LogP contribution in [-0.4, -0.2) is 15.4 Å². The van der Waals surface area contributed by atoms with Gasteiger partial charge >= 0.3 is 17.1 Å². The Morgan fingerprint density at radius 1 is 0.696 bits per heavy atom. The molecule has 229 valence electrons. The summed E-state index contributed by atoms with van der Waals surface area (Å²) in [7, 11) is -1.23. The number of hydrogen-bond donors (Lipinski definition) is 0. The fourth-order valence-electron chi connectivity index (χ4n) is 6.09. The van der Waals surface area contributed by atoms with Crippen molar-refractivity contribution in [3.05, 3.63) is 163 Å². The Bertz CT molecular complexity index is 2040. The van der Waals surface area contributed by atoms with Gasteiger partial charge in [0.05, 0.1) is 11.9 Å². The van der Waals surface area contributed by atoms with Gasteiger partial charge < -0.3 is 9.72 Å². The summed E-state index contributed by atoms with van der Waals surface area (Å²) in [6, 6.07) is 44.4. The smallest absolute Gasteiger partial charge is 0.663 e. The van der Waals surface area contributed by atoms with E-state index in [0.29, 0.717) is 0 Å². The van der Waals surface area contributed by atoms with Crippen molar-refractivity contribution in [1.82, 2.24) is 20.4 Å². The van der Waals surface area contributed by atoms with E-state index in [1.165, 1.54) is 27.0 Å². The molecule has 1 aliphatic rings. The number of nitrogens with zero attached hydrogens (tertiary/aromatic N) is 4. The van der Waals surface area contributed by atoms with Crippen LogP contribution in [0.2, 0.25) is 0 Å². The molecule has 0 amide bonds. The topological polar surface area (TPSA) is 62.0 Å². The molecule has 1 aliphatic heterocycles. The fourth-order valence-corrected chi connectivity index (χ4v) is 8.77. The van der Waals surface area contributed by atoms with Gasteiger partial charge in [0.25, 0.3) is 0 Å². The molecule has 0 unspecified atom stereocenters. The van der Waals surface area contributed by atoms with Crippen molar-refractivity contribution >= 4 is 34.7 Å². The van der Waals surface area contributed by atoms with Crippen molar-refractivity contribution in [2.24, 2.45) is 0 Å². The maximum absolute atomic E-state index is 6.66. The van der Waals surface area contributed by atoms with Crippen LogP contribution < -0.4 is 25.6 Å². The minimum Gasteiger partial charge on any atom is -0.663 e. The minimum atomic E-state index is -1.23. The zero-order chi connectivity index (χ0) is 30.8. The van der Waals surface area contributed by atoms with Crippen molar-refractivity contribution in [3.63, 3.8) is 0 Å². The minimum absolute atomic E-state index is 0. The van der Waals surface area contributed by atoms with Crippen LogP contribution in [0.4, 0.5) is 0 Å². The Kier molecular flexibility index (Phi) is 9.05. The van der Waals surface area contributed by atoms with Gasteiger partial charge in [-0.15, -0.1) is 21.8 Å². The molecule has 5 nitrogen and oxygen atoms in total. The van der Waals surface area contributed by atoms with E-state index in [-0.39, 0.29) is 22.5 Å². The zero-order valence-corrected chi connectivity index (χ0v) is 27.4. The number of para-hydroxylation sites is 3. The first-order valence-electron chi connectivity index (χ1n) is 14.9. The number of aromatic nitrogens is 4. The van der Waals surface area contributed by atoms with Gasteiger partial charge in [0.15, 0.2) is 5.75 Å². The summed E-state index contributed by atoms with van der Waals surface area (Å²) < 4.78 is 6.66. The maximum atomic E-state index is 6.66. The summed E-state index contributed by atoms with van der Waals surface area (Å²) in [5.41, 5.74) is 5.99. The van der Waals surface area contributed by atoms with E-state index in [9.17, 15) is 0 Å². The van der Waals surface area contributed by atoms with Gasteiger partial charge in [0, 0.05) is 16.7 Å². The van der Waals surface area contributed by atoms with Gasteiger partial charge in [-0.3, -0.25) is 0 Å². The van der Waals surface area contributed by atoms with Crippen molar-refractivity contribution < 1.29 is 21.8 Å². The second kappa shape index (κ2) is 13.3. The molecular weight excluding hydrogens is 635 g/mol. The Morgan fingerprint density at radius 3 is 2.02 bits per heavy atom. The van der Waals surface area contributed by atoms with Gasteiger partial charge in [-0.1, -0.05) is 98.3 Å². The molecule has 8 rings (SSSR count). The number of rotatable bonds is 4. The molecule has 3 heterocycles. The van der Waals surface area contributed by atoms with Gasteiger partial charge in [-0.05, 0) is 52.6 Å². The quantitative estimate of drug-likeness (QED) is 0.111. The molecule has 7 heteroatoms. The first kappa shape index (κ1) is 31.3. The van der Waals surface area contributed by atoms with E-state index >= 15 is 0 Å². The molecule has 0 aliphatic carbocycles. The van der Waals surface area contributed by atoms with Crippen molar-refractivity contribution in [3.8, 4) is 22.8 Å². The number of ether oxygens (including phenoxy) is 1. The molecule has 0 bridgehead atoms. The molecule has 0 spiro atoms. The third-order valence-corrected chi connectivity index (χ3v) is 11.1. The molecule has 0 fully saturated rings. The molecular formula is C39H32CuN4OP+. The van der Waals surface area contributed by atoms with E-state index in [1.54, 1.807) is 12.4 Å². The van der Waals surface area contributed by atoms with E-state index < -0.39 is 7.92 Å². The first-order valence-corrected chi connectivity index (χ1v) is 16.4. The first-order chi connectivity index (χ1) is 22.0. The molecule has 0 N–H and O–H groups in total. The van der Waals surface area contributed by atoms with Crippen molar-refractivity contribution in [2.75, 3.05) is 0 Å². The number of hydrogen-bond acceptors (Lipinski definition) is 4. The molecule has 0 saturated heterocycles.